The maximum atomic E-state index is 15.1. The summed E-state index contributed by atoms with van der Waals surface area (Å²) in [6, 6.07) is 91.9. The minimum Gasteiger partial charge on any atom is -0.369 e. The van der Waals surface area contributed by atoms with E-state index in [2.05, 4.69) is 235 Å². The van der Waals surface area contributed by atoms with E-state index in [9.17, 15) is 4.39 Å². The molecule has 12 aromatic carbocycles. The molecule has 8 heterocycles. The van der Waals surface area contributed by atoms with Gasteiger partial charge in [-0.05, 0) is 228 Å². The smallest absolute Gasteiger partial charge is 0.164 e. The van der Waals surface area contributed by atoms with Crippen molar-refractivity contribution in [1.29, 1.82) is 0 Å². The fourth-order valence-electron chi connectivity index (χ4n) is 19.1. The standard InChI is InChI=1S/C32H35ClFN5.C32H36ClN5.C28H27ClFN5.C28H28ClN5/c1-4-38(5-2)19-11-12-22(3)35-31-25-16-10-18-28(34)29(25)36-32(37-31)26-21-39(20-23-13-7-6-8-14-23)30-24(26)15-9-17-27(30)33;1-4-37(5-2)20-12-13-23(3)34-31-26-16-9-10-19-29(26)35-32(36-31)27-22-38(21-24-14-7-6-8-15-24)30-25(27)17-11-18-28(30)33;1-34(2)16-8-15-31-27-21-12-7-14-24(30)25(21)32-28(33-27)22-18-35(17-19-9-4-3-5-10-19)26-20(22)11-6-13-23(26)29;1-33(2)17-9-16-30-27-22-12-6-7-15-25(22)31-28(32-27)23-19-34(18-20-10-4-3-5-11-20)26-21(23)13-8-14-24(26)29/h6-10,13-18,21-22H,4-5,11-12,19-20H2,1-3H3,(H,35,36,37);6-11,14-19,22-23H,4-5,12-13,20-21H2,1-3H3,(H,34,35,36);3-7,9-14,18H,8,15-17H2,1-2H3,(H,31,32,33);3-8,10-15,19H,9,16-18H2,1-2H3,(H,30,31,32). The van der Waals surface area contributed by atoms with Gasteiger partial charge in [-0.1, -0.05) is 280 Å². The summed E-state index contributed by atoms with van der Waals surface area (Å²) in [6.07, 6.45) is 14.6. The molecule has 0 radical (unpaired) electrons. The van der Waals surface area contributed by atoms with Gasteiger partial charge in [0.15, 0.2) is 23.3 Å². The minimum absolute atomic E-state index is 0.170. The lowest BCUT2D eigenvalue weighted by atomic mass is 10.1. The number of hydrogen-bond donors (Lipinski definition) is 4. The average Bonchev–Trinajstić information content (AvgIpc) is 1.60. The van der Waals surface area contributed by atoms with Gasteiger partial charge in [-0.25, -0.2) is 48.7 Å². The molecule has 0 aliphatic carbocycles. The molecule has 20 nitrogen and oxygen atoms in total. The van der Waals surface area contributed by atoms with Gasteiger partial charge < -0.3 is 59.1 Å². The van der Waals surface area contributed by atoms with E-state index in [0.717, 1.165) is 238 Å². The topological polar surface area (TPSA) is 184 Å². The number of nitrogens with zero attached hydrogens (tertiary/aromatic N) is 16. The van der Waals surface area contributed by atoms with Crippen LogP contribution in [0.3, 0.4) is 0 Å². The summed E-state index contributed by atoms with van der Waals surface area (Å²) in [5, 5.41) is 24.4. The van der Waals surface area contributed by atoms with E-state index in [0.29, 0.717) is 85.9 Å². The largest absolute Gasteiger partial charge is 0.369 e. The Kier molecular flexibility index (Phi) is 35.1. The van der Waals surface area contributed by atoms with Crippen LogP contribution in [0.4, 0.5) is 32.1 Å². The Bertz CT molecular complexity index is 7810. The van der Waals surface area contributed by atoms with Crippen molar-refractivity contribution in [1.82, 2.24) is 77.7 Å². The first-order chi connectivity index (χ1) is 71.2. The van der Waals surface area contributed by atoms with E-state index in [1.165, 1.54) is 23.3 Å². The van der Waals surface area contributed by atoms with Gasteiger partial charge in [-0.3, -0.25) is 0 Å². The van der Waals surface area contributed by atoms with Crippen LogP contribution in [0.25, 0.3) is 133 Å². The number of nitrogens with one attached hydrogen (secondary N) is 4. The van der Waals surface area contributed by atoms with Crippen LogP contribution in [-0.4, -0.2) is 183 Å². The molecule has 2 atom stereocenters. The summed E-state index contributed by atoms with van der Waals surface area (Å²) in [5.74, 6) is 4.66. The number of fused-ring (bicyclic) bond motifs is 8. The summed E-state index contributed by atoms with van der Waals surface area (Å²) < 4.78 is 38.6. The molecule has 2 unspecified atom stereocenters. The molecule has 20 aromatic rings. The second-order valence-corrected chi connectivity index (χ2v) is 39.3. The first kappa shape index (κ1) is 104. The maximum absolute atomic E-state index is 15.1. The third kappa shape index (κ3) is 25.1. The maximum Gasteiger partial charge on any atom is 0.164 e. The van der Waals surface area contributed by atoms with Crippen LogP contribution >= 0.6 is 46.4 Å². The van der Waals surface area contributed by atoms with Gasteiger partial charge in [0.1, 0.15) is 45.9 Å². The van der Waals surface area contributed by atoms with Gasteiger partial charge in [0, 0.05) is 141 Å². The van der Waals surface area contributed by atoms with Gasteiger partial charge in [-0.15, -0.1) is 0 Å². The Balaban J connectivity index is 0.000000133. The molecule has 146 heavy (non-hydrogen) atoms. The normalized spacial score (nSPS) is 12.0. The molecule has 0 amide bonds. The second-order valence-electron chi connectivity index (χ2n) is 37.7. The Morgan fingerprint density at radius 2 is 0.555 bits per heavy atom. The number of para-hydroxylation sites is 8. The van der Waals surface area contributed by atoms with Crippen molar-refractivity contribution in [3.8, 4) is 45.6 Å². The highest BCUT2D eigenvalue weighted by Gasteiger charge is 2.26. The molecular weight excluding hydrogens is 1900 g/mol. The molecule has 26 heteroatoms. The predicted molar refractivity (Wildman–Crippen MR) is 608 cm³/mol. The summed E-state index contributed by atoms with van der Waals surface area (Å²) in [4.78, 5) is 48.5. The molecule has 0 saturated carbocycles. The molecular formula is C120H126Cl4F2N20. The summed E-state index contributed by atoms with van der Waals surface area (Å²) in [7, 11) is 8.27. The quantitative estimate of drug-likeness (QED) is 0.0268. The fraction of sp³-hybridized carbons (Fsp3) is 0.267. The first-order valence-corrected chi connectivity index (χ1v) is 52.1. The Labute approximate surface area is 873 Å². The lowest BCUT2D eigenvalue weighted by Gasteiger charge is -2.20. The molecule has 0 saturated heterocycles. The average molecular weight is 2030 g/mol. The zero-order valence-electron chi connectivity index (χ0n) is 84.6. The van der Waals surface area contributed by atoms with Crippen molar-refractivity contribution in [3.05, 3.63) is 358 Å². The predicted octanol–water partition coefficient (Wildman–Crippen LogP) is 28.7. The van der Waals surface area contributed by atoms with Crippen LogP contribution in [0.5, 0.6) is 0 Å². The van der Waals surface area contributed by atoms with E-state index in [1.807, 2.05) is 178 Å². The highest BCUT2D eigenvalue weighted by molar-refractivity contribution is 6.37. The second kappa shape index (κ2) is 49.4. The minimum atomic E-state index is -0.367. The number of hydrogen-bond acceptors (Lipinski definition) is 16. The molecule has 0 aliphatic rings. The van der Waals surface area contributed by atoms with Gasteiger partial charge in [0.25, 0.3) is 0 Å². The Morgan fingerprint density at radius 3 is 0.884 bits per heavy atom. The molecule has 0 aliphatic heterocycles. The van der Waals surface area contributed by atoms with Gasteiger partial charge in [0.2, 0.25) is 0 Å². The van der Waals surface area contributed by atoms with Crippen molar-refractivity contribution >= 4 is 157 Å². The van der Waals surface area contributed by atoms with Crippen LogP contribution in [-0.2, 0) is 26.2 Å². The highest BCUT2D eigenvalue weighted by atomic mass is 35.5. The van der Waals surface area contributed by atoms with E-state index in [4.69, 9.17) is 81.3 Å². The van der Waals surface area contributed by atoms with Crippen molar-refractivity contribution in [2.75, 3.05) is 115 Å². The van der Waals surface area contributed by atoms with E-state index in [-0.39, 0.29) is 17.7 Å². The van der Waals surface area contributed by atoms with Gasteiger partial charge >= 0.3 is 0 Å². The first-order valence-electron chi connectivity index (χ1n) is 50.6. The van der Waals surface area contributed by atoms with Crippen LogP contribution in [0, 0.1) is 11.6 Å². The van der Waals surface area contributed by atoms with Gasteiger partial charge in [-0.2, -0.15) is 0 Å². The monoisotopic (exact) mass is 2020 g/mol. The zero-order chi connectivity index (χ0) is 102. The number of rotatable bonds is 38. The number of aromatic nitrogens is 12. The van der Waals surface area contributed by atoms with E-state index >= 15 is 4.39 Å². The number of benzene rings is 12. The molecule has 0 bridgehead atoms. The summed E-state index contributed by atoms with van der Waals surface area (Å²) in [6.45, 7) is 26.0. The van der Waals surface area contributed by atoms with Gasteiger partial charge in [0.05, 0.1) is 53.2 Å². The third-order valence-corrected chi connectivity index (χ3v) is 27.9. The van der Waals surface area contributed by atoms with Crippen LogP contribution in [0.1, 0.15) is 102 Å². The molecule has 20 rings (SSSR count). The fourth-order valence-corrected chi connectivity index (χ4v) is 20.2. The third-order valence-electron chi connectivity index (χ3n) is 26.6. The summed E-state index contributed by atoms with van der Waals surface area (Å²) >= 11 is 26.8. The van der Waals surface area contributed by atoms with Crippen molar-refractivity contribution < 1.29 is 8.78 Å². The Morgan fingerprint density at radius 1 is 0.288 bits per heavy atom. The molecule has 748 valence electrons. The SMILES string of the molecule is CCN(CC)CCCC(C)Nc1nc(-c2cn(Cc3ccccc3)c3c(Cl)cccc23)nc2c(F)cccc12.CCN(CC)CCCC(C)Nc1nc(-c2cn(Cc3ccccc3)c3c(Cl)cccc23)nc2ccccc12.CN(C)CCCNc1nc(-c2cn(Cc3ccccc3)c3c(Cl)cccc23)nc2c(F)cccc12.CN(C)CCCNc1nc(-c2cn(Cc3ccccc3)c3c(Cl)cccc23)nc2ccccc12. The molecule has 8 aromatic heterocycles. The molecule has 4 N–H and O–H groups in total. The summed E-state index contributed by atoms with van der Waals surface area (Å²) in [5.41, 5.74) is 14.7. The Hall–Kier alpha value is -13.8. The van der Waals surface area contributed by atoms with Crippen LogP contribution in [0.15, 0.2) is 304 Å². The lowest BCUT2D eigenvalue weighted by molar-refractivity contribution is 0.295. The van der Waals surface area contributed by atoms with E-state index < -0.39 is 0 Å². The lowest BCUT2D eigenvalue weighted by Crippen LogP contribution is -2.25. The van der Waals surface area contributed by atoms with Crippen molar-refractivity contribution in [2.24, 2.45) is 0 Å². The number of halogens is 6. The van der Waals surface area contributed by atoms with Crippen molar-refractivity contribution in [2.45, 2.75) is 118 Å². The highest BCUT2D eigenvalue weighted by Crippen LogP contribution is 2.42. The molecule has 0 fully saturated rings. The van der Waals surface area contributed by atoms with Crippen molar-refractivity contribution in [3.63, 3.8) is 0 Å². The number of anilines is 4. The molecule has 0 spiro atoms. The van der Waals surface area contributed by atoms with E-state index in [1.54, 1.807) is 12.1 Å². The van der Waals surface area contributed by atoms with Crippen LogP contribution < -0.4 is 21.3 Å². The zero-order valence-corrected chi connectivity index (χ0v) is 87.6. The van der Waals surface area contributed by atoms with Crippen LogP contribution in [0.2, 0.25) is 20.1 Å².